The van der Waals surface area contributed by atoms with E-state index < -0.39 is 0 Å². The molecule has 108 valence electrons. The Bertz CT molecular complexity index is 163. The van der Waals surface area contributed by atoms with Crippen molar-refractivity contribution < 1.29 is 10.2 Å². The second-order valence-corrected chi connectivity index (χ2v) is 6.08. The van der Waals surface area contributed by atoms with Crippen molar-refractivity contribution in [1.82, 2.24) is 0 Å². The van der Waals surface area contributed by atoms with Gasteiger partial charge in [0.2, 0.25) is 0 Å². The van der Waals surface area contributed by atoms with Crippen LogP contribution in [-0.4, -0.2) is 24.4 Å². The maximum absolute atomic E-state index is 7.00. The molecule has 18 heavy (non-hydrogen) atoms. The normalized spacial score (nSPS) is 38.0. The van der Waals surface area contributed by atoms with Gasteiger partial charge in [0.25, 0.3) is 0 Å². The minimum Gasteiger partial charge on any atom is -0.400 e. The minimum absolute atomic E-state index is 1.00. The molecule has 2 N–H and O–H groups in total. The van der Waals surface area contributed by atoms with E-state index in [1.54, 1.807) is 64.2 Å². The highest BCUT2D eigenvalue weighted by atomic mass is 16.2. The average molecular weight is 256 g/mol. The lowest BCUT2D eigenvalue weighted by Gasteiger charge is -2.46. The van der Waals surface area contributed by atoms with Crippen LogP contribution >= 0.6 is 0 Å². The molecule has 0 radical (unpaired) electrons. The number of rotatable bonds is 0. The van der Waals surface area contributed by atoms with E-state index in [0.29, 0.717) is 0 Å². The highest BCUT2D eigenvalue weighted by molar-refractivity contribution is 4.89. The Morgan fingerprint density at radius 1 is 0.500 bits per heavy atom. The van der Waals surface area contributed by atoms with Crippen LogP contribution in [0.15, 0.2) is 0 Å². The summed E-state index contributed by atoms with van der Waals surface area (Å²) < 4.78 is 0. The van der Waals surface area contributed by atoms with E-state index in [1.165, 1.54) is 0 Å². The van der Waals surface area contributed by atoms with E-state index in [-0.39, 0.29) is 0 Å². The van der Waals surface area contributed by atoms with E-state index in [2.05, 4.69) is 0 Å². The Balaban J connectivity index is 0.000000371. The summed E-state index contributed by atoms with van der Waals surface area (Å²) in [6.07, 6.45) is 15.7. The lowest BCUT2D eigenvalue weighted by atomic mass is 9.60. The molecule has 0 aromatic heterocycles. The number of aliphatic hydroxyl groups excluding tert-OH is 2. The van der Waals surface area contributed by atoms with Gasteiger partial charge in [-0.15, -0.1) is 0 Å². The van der Waals surface area contributed by atoms with Crippen LogP contribution in [0.1, 0.15) is 64.2 Å². The molecule has 3 aliphatic carbocycles. The number of fused-ring (bicyclic) bond motifs is 2. The van der Waals surface area contributed by atoms with Crippen molar-refractivity contribution in [2.45, 2.75) is 64.2 Å². The van der Waals surface area contributed by atoms with E-state index >= 15 is 0 Å². The largest absolute Gasteiger partial charge is 0.400 e. The summed E-state index contributed by atoms with van der Waals surface area (Å²) in [4.78, 5) is 0. The van der Waals surface area contributed by atoms with Crippen molar-refractivity contribution in [3.05, 3.63) is 0 Å². The molecular formula is C16H32O2. The molecule has 0 amide bonds. The summed E-state index contributed by atoms with van der Waals surface area (Å²) in [5, 5.41) is 14.0. The van der Waals surface area contributed by atoms with E-state index in [0.717, 1.165) is 37.9 Å². The number of hydrogen-bond acceptors (Lipinski definition) is 2. The van der Waals surface area contributed by atoms with Crippen molar-refractivity contribution in [1.29, 1.82) is 0 Å². The third kappa shape index (κ3) is 3.96. The van der Waals surface area contributed by atoms with Crippen LogP contribution in [0.5, 0.6) is 0 Å². The van der Waals surface area contributed by atoms with Gasteiger partial charge in [-0.25, -0.2) is 0 Å². The van der Waals surface area contributed by atoms with Gasteiger partial charge >= 0.3 is 0 Å². The van der Waals surface area contributed by atoms with Gasteiger partial charge in [-0.3, -0.25) is 0 Å². The highest BCUT2D eigenvalue weighted by Crippen LogP contribution is 2.49. The third-order valence-corrected chi connectivity index (χ3v) is 5.34. The predicted molar refractivity (Wildman–Crippen MR) is 76.4 cm³/mol. The first-order chi connectivity index (χ1) is 8.93. The quantitative estimate of drug-likeness (QED) is 0.695. The predicted octanol–water partition coefficient (Wildman–Crippen LogP) is 3.61. The molecule has 4 atom stereocenters. The first kappa shape index (κ1) is 16.0. The lowest BCUT2D eigenvalue weighted by molar-refractivity contribution is 0.0520. The molecule has 3 rings (SSSR count). The Morgan fingerprint density at radius 2 is 0.722 bits per heavy atom. The van der Waals surface area contributed by atoms with Gasteiger partial charge in [0.15, 0.2) is 0 Å². The molecule has 0 bridgehead atoms. The van der Waals surface area contributed by atoms with Crippen LogP contribution in [0.4, 0.5) is 0 Å². The number of aliphatic hydroxyl groups is 2. The molecule has 3 saturated carbocycles. The van der Waals surface area contributed by atoms with Crippen molar-refractivity contribution in [2.75, 3.05) is 14.2 Å². The maximum Gasteiger partial charge on any atom is 0.0319 e. The van der Waals surface area contributed by atoms with E-state index in [1.807, 2.05) is 0 Å². The third-order valence-electron chi connectivity index (χ3n) is 5.34. The summed E-state index contributed by atoms with van der Waals surface area (Å²) in [6.45, 7) is 0. The molecular weight excluding hydrogens is 224 g/mol. The molecule has 0 aromatic rings. The molecule has 0 spiro atoms. The van der Waals surface area contributed by atoms with E-state index in [4.69, 9.17) is 10.2 Å². The van der Waals surface area contributed by atoms with Crippen LogP contribution in [0.3, 0.4) is 0 Å². The van der Waals surface area contributed by atoms with Gasteiger partial charge in [-0.1, -0.05) is 51.4 Å². The SMILES string of the molecule is C1CCC2CC3CCCCC3CC2C1.CO.CO. The molecule has 4 unspecified atom stereocenters. The second kappa shape index (κ2) is 8.92. The highest BCUT2D eigenvalue weighted by Gasteiger charge is 2.38. The Kier molecular flexibility index (Phi) is 7.92. The summed E-state index contributed by atoms with van der Waals surface area (Å²) in [5.74, 6) is 4.62. The Morgan fingerprint density at radius 3 is 0.944 bits per heavy atom. The lowest BCUT2D eigenvalue weighted by Crippen LogP contribution is -2.35. The van der Waals surface area contributed by atoms with Crippen molar-refractivity contribution in [3.63, 3.8) is 0 Å². The molecule has 0 aliphatic heterocycles. The minimum atomic E-state index is 1.00. The van der Waals surface area contributed by atoms with Gasteiger partial charge in [0.05, 0.1) is 0 Å². The zero-order chi connectivity index (χ0) is 13.4. The number of hydrogen-bond donors (Lipinski definition) is 2. The van der Waals surface area contributed by atoms with Gasteiger partial charge < -0.3 is 10.2 Å². The average Bonchev–Trinajstić information content (AvgIpc) is 2.49. The molecule has 0 aromatic carbocycles. The van der Waals surface area contributed by atoms with Crippen LogP contribution in [0.25, 0.3) is 0 Å². The summed E-state index contributed by atoms with van der Waals surface area (Å²) in [7, 11) is 2.00. The summed E-state index contributed by atoms with van der Waals surface area (Å²) >= 11 is 0. The summed E-state index contributed by atoms with van der Waals surface area (Å²) in [5.41, 5.74) is 0. The topological polar surface area (TPSA) is 40.5 Å². The summed E-state index contributed by atoms with van der Waals surface area (Å²) in [6, 6.07) is 0. The first-order valence-corrected chi connectivity index (χ1v) is 7.83. The van der Waals surface area contributed by atoms with Gasteiger partial charge in [0, 0.05) is 14.2 Å². The standard InChI is InChI=1S/C14H24.2CH4O/c1-2-6-12-10-14-8-4-3-7-13(14)9-11(12)5-1;2*1-2/h11-14H,1-10H2;2*2H,1H3. The monoisotopic (exact) mass is 256 g/mol. The van der Waals surface area contributed by atoms with Crippen LogP contribution in [0, 0.1) is 23.7 Å². The Labute approximate surface area is 113 Å². The molecule has 0 saturated heterocycles. The maximum atomic E-state index is 7.00. The zero-order valence-corrected chi connectivity index (χ0v) is 12.3. The Hall–Kier alpha value is -0.0800. The fourth-order valence-corrected chi connectivity index (χ4v) is 4.59. The van der Waals surface area contributed by atoms with E-state index in [9.17, 15) is 0 Å². The van der Waals surface area contributed by atoms with Gasteiger partial charge in [-0.05, 0) is 36.5 Å². The molecule has 2 heteroatoms. The molecule has 3 fully saturated rings. The van der Waals surface area contributed by atoms with Crippen molar-refractivity contribution >= 4 is 0 Å². The molecule has 0 heterocycles. The second-order valence-electron chi connectivity index (χ2n) is 6.08. The van der Waals surface area contributed by atoms with Crippen molar-refractivity contribution in [2.24, 2.45) is 23.7 Å². The molecule has 3 aliphatic rings. The zero-order valence-electron chi connectivity index (χ0n) is 12.3. The smallest absolute Gasteiger partial charge is 0.0319 e. The van der Waals surface area contributed by atoms with Crippen LogP contribution in [0.2, 0.25) is 0 Å². The van der Waals surface area contributed by atoms with Gasteiger partial charge in [-0.2, -0.15) is 0 Å². The molecule has 2 nitrogen and oxygen atoms in total. The van der Waals surface area contributed by atoms with Crippen molar-refractivity contribution in [3.8, 4) is 0 Å². The van der Waals surface area contributed by atoms with Crippen LogP contribution in [-0.2, 0) is 0 Å². The fraction of sp³-hybridized carbons (Fsp3) is 1.00. The first-order valence-electron chi connectivity index (χ1n) is 7.83. The fourth-order valence-electron chi connectivity index (χ4n) is 4.59. The van der Waals surface area contributed by atoms with Crippen LogP contribution < -0.4 is 0 Å². The van der Waals surface area contributed by atoms with Gasteiger partial charge in [0.1, 0.15) is 0 Å².